The van der Waals surface area contributed by atoms with Gasteiger partial charge in [0.2, 0.25) is 0 Å². The van der Waals surface area contributed by atoms with Crippen LogP contribution in [0.5, 0.6) is 0 Å². The van der Waals surface area contributed by atoms with Crippen LogP contribution < -0.4 is 5.73 Å². The average molecular weight is 344 g/mol. The molecule has 0 atom stereocenters. The van der Waals surface area contributed by atoms with Gasteiger partial charge in [-0.05, 0) is 34.1 Å². The Labute approximate surface area is 121 Å². The topological polar surface area (TPSA) is 75.6 Å². The Balaban J connectivity index is 2.56. The van der Waals surface area contributed by atoms with Crippen LogP contribution in [0.4, 0.5) is 5.69 Å². The summed E-state index contributed by atoms with van der Waals surface area (Å²) in [6.07, 6.45) is 0. The first-order chi connectivity index (χ1) is 8.52. The highest BCUT2D eigenvalue weighted by atomic mass is 79.9. The highest BCUT2D eigenvalue weighted by Crippen LogP contribution is 2.30. The monoisotopic (exact) mass is 342 g/mol. The number of rotatable bonds is 1. The summed E-state index contributed by atoms with van der Waals surface area (Å²) in [5.41, 5.74) is 7.12. The minimum atomic E-state index is 0.216. The lowest BCUT2D eigenvalue weighted by atomic mass is 10.1. The Hall–Kier alpha value is -1.35. The zero-order valence-corrected chi connectivity index (χ0v) is 11.9. The molecule has 7 heteroatoms. The molecule has 1 aromatic heterocycles. The average Bonchev–Trinajstić information content (AvgIpc) is 2.35. The molecular formula is C11H5BrCl2N4. The highest BCUT2D eigenvalue weighted by Gasteiger charge is 2.11. The van der Waals surface area contributed by atoms with Gasteiger partial charge in [-0.15, -0.1) is 0 Å². The molecule has 2 rings (SSSR count). The predicted molar refractivity (Wildman–Crippen MR) is 74.3 cm³/mol. The fourth-order valence-corrected chi connectivity index (χ4v) is 1.89. The van der Waals surface area contributed by atoms with E-state index in [-0.39, 0.29) is 10.3 Å². The fraction of sp³-hybridized carbons (Fsp3) is 0. The molecule has 0 fully saturated rings. The normalized spacial score (nSPS) is 10.1. The van der Waals surface area contributed by atoms with Crippen molar-refractivity contribution in [3.63, 3.8) is 0 Å². The molecule has 1 aromatic carbocycles. The maximum atomic E-state index is 8.79. The van der Waals surface area contributed by atoms with E-state index in [0.717, 1.165) is 0 Å². The van der Waals surface area contributed by atoms with E-state index >= 15 is 0 Å². The number of hydrogen-bond donors (Lipinski definition) is 1. The van der Waals surface area contributed by atoms with Crippen molar-refractivity contribution in [3.8, 4) is 17.5 Å². The molecule has 0 aliphatic rings. The second-order valence-electron chi connectivity index (χ2n) is 3.36. The Morgan fingerprint density at radius 2 is 1.83 bits per heavy atom. The van der Waals surface area contributed by atoms with E-state index in [1.54, 1.807) is 18.2 Å². The summed E-state index contributed by atoms with van der Waals surface area (Å²) < 4.78 is 0.441. The van der Waals surface area contributed by atoms with Gasteiger partial charge < -0.3 is 5.73 Å². The Morgan fingerprint density at radius 3 is 2.33 bits per heavy atom. The van der Waals surface area contributed by atoms with Gasteiger partial charge in [0.15, 0.2) is 5.82 Å². The first-order valence-corrected chi connectivity index (χ1v) is 6.26. The van der Waals surface area contributed by atoms with Crippen molar-refractivity contribution in [1.82, 2.24) is 9.97 Å². The molecule has 0 bridgehead atoms. The summed E-state index contributed by atoms with van der Waals surface area (Å²) in [5.74, 6) is 0.351. The molecule has 0 unspecified atom stereocenters. The summed E-state index contributed by atoms with van der Waals surface area (Å²) in [6.45, 7) is 0. The molecule has 2 aromatic rings. The van der Waals surface area contributed by atoms with Gasteiger partial charge in [0, 0.05) is 5.56 Å². The second-order valence-corrected chi connectivity index (χ2v) is 4.87. The number of hydrogen-bond acceptors (Lipinski definition) is 4. The zero-order chi connectivity index (χ0) is 13.3. The summed E-state index contributed by atoms with van der Waals surface area (Å²) >= 11 is 15.0. The first-order valence-electron chi connectivity index (χ1n) is 4.71. The van der Waals surface area contributed by atoms with Crippen LogP contribution in [-0.2, 0) is 0 Å². The van der Waals surface area contributed by atoms with Crippen LogP contribution in [-0.4, -0.2) is 9.97 Å². The molecule has 0 radical (unpaired) electrons. The Morgan fingerprint density at radius 1 is 1.22 bits per heavy atom. The maximum Gasteiger partial charge on any atom is 0.162 e. The molecule has 0 aliphatic heterocycles. The van der Waals surface area contributed by atoms with E-state index in [9.17, 15) is 0 Å². The largest absolute Gasteiger partial charge is 0.398 e. The number of halogens is 3. The van der Waals surface area contributed by atoms with Crippen molar-refractivity contribution >= 4 is 44.8 Å². The third-order valence-corrected chi connectivity index (χ3v) is 3.96. The standard InChI is InChI=1S/C11H5BrCl2N4/c12-8-9(13)17-11(18-10(8)14)5-1-2-6(4-15)7(16)3-5/h1-3H,16H2. The zero-order valence-electron chi connectivity index (χ0n) is 8.78. The van der Waals surface area contributed by atoms with Gasteiger partial charge in [-0.25, -0.2) is 9.97 Å². The minimum Gasteiger partial charge on any atom is -0.398 e. The van der Waals surface area contributed by atoms with Crippen molar-refractivity contribution in [1.29, 1.82) is 5.26 Å². The van der Waals surface area contributed by atoms with Crippen molar-refractivity contribution in [2.75, 3.05) is 5.73 Å². The van der Waals surface area contributed by atoms with E-state index in [1.165, 1.54) is 0 Å². The van der Waals surface area contributed by atoms with Crippen LogP contribution in [0.15, 0.2) is 22.7 Å². The lowest BCUT2D eigenvalue weighted by molar-refractivity contribution is 1.16. The van der Waals surface area contributed by atoms with Gasteiger partial charge in [0.25, 0.3) is 0 Å². The van der Waals surface area contributed by atoms with Gasteiger partial charge in [-0.2, -0.15) is 5.26 Å². The van der Waals surface area contributed by atoms with Gasteiger partial charge in [0.1, 0.15) is 16.4 Å². The van der Waals surface area contributed by atoms with Crippen LogP contribution in [0.25, 0.3) is 11.4 Å². The number of nitrogens with two attached hydrogens (primary N) is 1. The van der Waals surface area contributed by atoms with Gasteiger partial charge in [-0.3, -0.25) is 0 Å². The van der Waals surface area contributed by atoms with Crippen molar-refractivity contribution in [2.24, 2.45) is 0 Å². The van der Waals surface area contributed by atoms with Gasteiger partial charge in [0.05, 0.1) is 15.7 Å². The SMILES string of the molecule is N#Cc1ccc(-c2nc(Cl)c(Br)c(Cl)n2)cc1N. The van der Waals surface area contributed by atoms with E-state index in [2.05, 4.69) is 25.9 Å². The Bertz CT molecular complexity index is 644. The molecule has 1 heterocycles. The van der Waals surface area contributed by atoms with Crippen molar-refractivity contribution in [2.45, 2.75) is 0 Å². The lowest BCUT2D eigenvalue weighted by Crippen LogP contribution is -1.95. The molecule has 0 aliphatic carbocycles. The van der Waals surface area contributed by atoms with Crippen LogP contribution in [0.3, 0.4) is 0 Å². The highest BCUT2D eigenvalue weighted by molar-refractivity contribution is 9.10. The second kappa shape index (κ2) is 5.11. The van der Waals surface area contributed by atoms with Crippen LogP contribution in [0.1, 0.15) is 5.56 Å². The molecule has 0 amide bonds. The molecular weight excluding hydrogens is 339 g/mol. The smallest absolute Gasteiger partial charge is 0.162 e. The number of nitrogens with zero attached hydrogens (tertiary/aromatic N) is 3. The summed E-state index contributed by atoms with van der Waals surface area (Å²) in [6, 6.07) is 6.87. The van der Waals surface area contributed by atoms with Crippen LogP contribution in [0.2, 0.25) is 10.3 Å². The number of aromatic nitrogens is 2. The third kappa shape index (κ3) is 2.41. The van der Waals surface area contributed by atoms with E-state index in [1.807, 2.05) is 6.07 Å². The molecule has 2 N–H and O–H groups in total. The minimum absolute atomic E-state index is 0.216. The lowest BCUT2D eigenvalue weighted by Gasteiger charge is -2.05. The molecule has 0 saturated carbocycles. The maximum absolute atomic E-state index is 8.79. The van der Waals surface area contributed by atoms with Gasteiger partial charge in [-0.1, -0.05) is 23.2 Å². The van der Waals surface area contributed by atoms with Gasteiger partial charge >= 0.3 is 0 Å². The number of nitrogen functional groups attached to an aromatic ring is 1. The van der Waals surface area contributed by atoms with E-state index < -0.39 is 0 Å². The molecule has 0 spiro atoms. The molecule has 18 heavy (non-hydrogen) atoms. The van der Waals surface area contributed by atoms with Crippen LogP contribution >= 0.6 is 39.1 Å². The Kier molecular flexibility index (Phi) is 3.71. The summed E-state index contributed by atoms with van der Waals surface area (Å²) in [5, 5.41) is 9.23. The van der Waals surface area contributed by atoms with E-state index in [4.69, 9.17) is 34.2 Å². The van der Waals surface area contributed by atoms with E-state index in [0.29, 0.717) is 27.1 Å². The number of benzene rings is 1. The van der Waals surface area contributed by atoms with Crippen molar-refractivity contribution in [3.05, 3.63) is 38.5 Å². The molecule has 90 valence electrons. The summed E-state index contributed by atoms with van der Waals surface area (Å²) in [7, 11) is 0. The third-order valence-electron chi connectivity index (χ3n) is 2.20. The summed E-state index contributed by atoms with van der Waals surface area (Å²) in [4.78, 5) is 8.17. The van der Waals surface area contributed by atoms with Crippen LogP contribution in [0, 0.1) is 11.3 Å². The number of anilines is 1. The quantitative estimate of drug-likeness (QED) is 0.633. The fourth-order valence-electron chi connectivity index (χ4n) is 1.33. The molecule has 4 nitrogen and oxygen atoms in total. The first kappa shape index (κ1) is 13.1. The van der Waals surface area contributed by atoms with Crippen molar-refractivity contribution < 1.29 is 0 Å². The predicted octanol–water partition coefficient (Wildman–Crippen LogP) is 3.67. The number of nitriles is 1. The molecule has 0 saturated heterocycles.